The summed E-state index contributed by atoms with van der Waals surface area (Å²) in [6, 6.07) is 10.4. The van der Waals surface area contributed by atoms with Gasteiger partial charge in [-0.1, -0.05) is 29.8 Å². The summed E-state index contributed by atoms with van der Waals surface area (Å²) in [5.41, 5.74) is 4.13. The van der Waals surface area contributed by atoms with Crippen LogP contribution in [0.4, 0.5) is 0 Å². The lowest BCUT2D eigenvalue weighted by atomic mass is 10.0. The van der Waals surface area contributed by atoms with Gasteiger partial charge in [-0.3, -0.25) is 5.10 Å². The third-order valence-corrected chi connectivity index (χ3v) is 4.18. The monoisotopic (exact) mass is 281 g/mol. The van der Waals surface area contributed by atoms with Crippen molar-refractivity contribution in [2.75, 3.05) is 0 Å². The molecule has 4 heteroatoms. The normalized spacial score (nSPS) is 11.8. The maximum atomic E-state index is 6.26. The second kappa shape index (κ2) is 3.93. The maximum absolute atomic E-state index is 6.26. The van der Waals surface area contributed by atoms with Gasteiger partial charge in [0.1, 0.15) is 0 Å². The van der Waals surface area contributed by atoms with Gasteiger partial charge in [0.05, 0.1) is 11.0 Å². The van der Waals surface area contributed by atoms with E-state index < -0.39 is 0 Å². The first-order valence-corrected chi connectivity index (χ1v) is 6.87. The number of fused-ring (bicyclic) bond motifs is 4. The molecule has 0 unspecified atom stereocenters. The molecule has 0 bridgehead atoms. The number of aryl methyl sites for hydroxylation is 2. The van der Waals surface area contributed by atoms with E-state index in [1.54, 1.807) is 0 Å². The first-order chi connectivity index (χ1) is 9.66. The Bertz CT molecular complexity index is 985. The number of benzene rings is 2. The van der Waals surface area contributed by atoms with Crippen LogP contribution < -0.4 is 0 Å². The lowest BCUT2D eigenvalue weighted by Crippen LogP contribution is -1.93. The van der Waals surface area contributed by atoms with Crippen LogP contribution in [0.3, 0.4) is 0 Å². The Morgan fingerprint density at radius 1 is 1.05 bits per heavy atom. The largest absolute Gasteiger partial charge is 0.281 e. The van der Waals surface area contributed by atoms with Crippen molar-refractivity contribution in [1.82, 2.24) is 15.2 Å². The number of nitrogens with one attached hydrogen (secondary N) is 1. The number of aromatic amines is 1. The Morgan fingerprint density at radius 2 is 1.85 bits per heavy atom. The average molecular weight is 282 g/mol. The molecule has 0 fully saturated rings. The fourth-order valence-electron chi connectivity index (χ4n) is 2.89. The molecule has 0 atom stereocenters. The van der Waals surface area contributed by atoms with Crippen molar-refractivity contribution < 1.29 is 0 Å². The van der Waals surface area contributed by atoms with Crippen molar-refractivity contribution >= 4 is 44.2 Å². The minimum atomic E-state index is 0.497. The zero-order valence-corrected chi connectivity index (χ0v) is 11.9. The van der Waals surface area contributed by atoms with Crippen molar-refractivity contribution in [1.29, 1.82) is 0 Å². The first kappa shape index (κ1) is 11.7. The summed E-state index contributed by atoms with van der Waals surface area (Å²) in [5, 5.41) is 12.1. The van der Waals surface area contributed by atoms with Crippen LogP contribution in [0.2, 0.25) is 5.15 Å². The molecule has 0 aliphatic rings. The second-order valence-electron chi connectivity index (χ2n) is 5.09. The Kier molecular flexibility index (Phi) is 2.30. The topological polar surface area (TPSA) is 41.6 Å². The fraction of sp³-hybridized carbons (Fsp3) is 0.125. The molecule has 0 saturated carbocycles. The average Bonchev–Trinajstić information content (AvgIpc) is 2.82. The van der Waals surface area contributed by atoms with Crippen LogP contribution in [-0.2, 0) is 0 Å². The summed E-state index contributed by atoms with van der Waals surface area (Å²) < 4.78 is 0. The predicted molar refractivity (Wildman–Crippen MR) is 83.4 cm³/mol. The van der Waals surface area contributed by atoms with Gasteiger partial charge in [0.15, 0.2) is 5.15 Å². The molecule has 3 nitrogen and oxygen atoms in total. The van der Waals surface area contributed by atoms with Gasteiger partial charge >= 0.3 is 0 Å². The minimum absolute atomic E-state index is 0.497. The molecule has 2 heterocycles. The smallest absolute Gasteiger partial charge is 0.157 e. The molecule has 0 saturated heterocycles. The molecule has 2 aromatic carbocycles. The van der Waals surface area contributed by atoms with Crippen LogP contribution in [0.5, 0.6) is 0 Å². The van der Waals surface area contributed by atoms with E-state index >= 15 is 0 Å². The van der Waals surface area contributed by atoms with Crippen molar-refractivity contribution in [3.63, 3.8) is 0 Å². The van der Waals surface area contributed by atoms with Crippen molar-refractivity contribution in [3.8, 4) is 0 Å². The van der Waals surface area contributed by atoms with Gasteiger partial charge in [-0.25, -0.2) is 4.98 Å². The molecule has 0 aliphatic heterocycles. The fourth-order valence-corrected chi connectivity index (χ4v) is 3.17. The van der Waals surface area contributed by atoms with Crippen LogP contribution in [0, 0.1) is 13.8 Å². The minimum Gasteiger partial charge on any atom is -0.281 e. The highest BCUT2D eigenvalue weighted by molar-refractivity contribution is 6.35. The number of rotatable bonds is 0. The quantitative estimate of drug-likeness (QED) is 0.514. The molecule has 98 valence electrons. The van der Waals surface area contributed by atoms with Gasteiger partial charge in [-0.05, 0) is 31.5 Å². The van der Waals surface area contributed by atoms with Crippen LogP contribution in [0.25, 0.3) is 32.6 Å². The first-order valence-electron chi connectivity index (χ1n) is 6.49. The summed E-state index contributed by atoms with van der Waals surface area (Å²) in [5.74, 6) is 0. The second-order valence-corrected chi connectivity index (χ2v) is 5.45. The molecule has 0 spiro atoms. The van der Waals surface area contributed by atoms with Gasteiger partial charge in [0.2, 0.25) is 0 Å². The molecule has 0 aliphatic carbocycles. The van der Waals surface area contributed by atoms with E-state index in [9.17, 15) is 0 Å². The number of nitrogens with zero attached hydrogens (tertiary/aromatic N) is 2. The van der Waals surface area contributed by atoms with Crippen molar-refractivity contribution in [3.05, 3.63) is 46.7 Å². The molecular weight excluding hydrogens is 270 g/mol. The molecular formula is C16H12ClN3. The lowest BCUT2D eigenvalue weighted by molar-refractivity contribution is 1.00. The van der Waals surface area contributed by atoms with E-state index in [-0.39, 0.29) is 0 Å². The van der Waals surface area contributed by atoms with Gasteiger partial charge < -0.3 is 0 Å². The summed E-state index contributed by atoms with van der Waals surface area (Å²) in [7, 11) is 0. The highest BCUT2D eigenvalue weighted by Crippen LogP contribution is 2.35. The van der Waals surface area contributed by atoms with E-state index in [0.29, 0.717) is 5.15 Å². The molecule has 0 amide bonds. The number of halogens is 1. The Morgan fingerprint density at radius 3 is 2.70 bits per heavy atom. The molecule has 20 heavy (non-hydrogen) atoms. The van der Waals surface area contributed by atoms with E-state index in [1.165, 1.54) is 10.8 Å². The SMILES string of the molecule is Cc1[nH]nc(Cl)c2c(C)c3nc4ccccc4c3cc12. The molecule has 1 N–H and O–H groups in total. The van der Waals surface area contributed by atoms with Gasteiger partial charge in [-0.15, -0.1) is 0 Å². The highest BCUT2D eigenvalue weighted by atomic mass is 35.5. The standard InChI is InChI=1S/C16H12ClN3/c1-8-14-11(9(2)19-20-16(14)17)7-12-10-5-3-4-6-13(10)18-15(8)12/h3-7,19H,1-2H3. The zero-order chi connectivity index (χ0) is 13.9. The Balaban J connectivity index is 2.35. The van der Waals surface area contributed by atoms with Gasteiger partial charge in [0, 0.05) is 27.2 Å². The van der Waals surface area contributed by atoms with Gasteiger partial charge in [0.25, 0.3) is 0 Å². The van der Waals surface area contributed by atoms with Crippen molar-refractivity contribution in [2.24, 2.45) is 0 Å². The summed E-state index contributed by atoms with van der Waals surface area (Å²) in [4.78, 5) is 4.74. The van der Waals surface area contributed by atoms with Crippen molar-refractivity contribution in [2.45, 2.75) is 13.8 Å². The summed E-state index contributed by atoms with van der Waals surface area (Å²) in [6.07, 6.45) is 0. The van der Waals surface area contributed by atoms with E-state index in [4.69, 9.17) is 16.6 Å². The van der Waals surface area contributed by atoms with Crippen LogP contribution in [0.1, 0.15) is 11.3 Å². The molecule has 0 radical (unpaired) electrons. The Labute approximate surface area is 120 Å². The summed E-state index contributed by atoms with van der Waals surface area (Å²) >= 11 is 6.26. The van der Waals surface area contributed by atoms with Crippen LogP contribution >= 0.6 is 11.6 Å². The molecule has 4 rings (SSSR count). The van der Waals surface area contributed by atoms with E-state index in [1.807, 2.05) is 25.1 Å². The number of aromatic nitrogens is 3. The lowest BCUT2D eigenvalue weighted by Gasteiger charge is -2.08. The zero-order valence-electron chi connectivity index (χ0n) is 11.2. The molecule has 4 aromatic rings. The van der Waals surface area contributed by atoms with E-state index in [0.717, 1.165) is 33.1 Å². The third kappa shape index (κ3) is 1.41. The predicted octanol–water partition coefficient (Wildman–Crippen LogP) is 4.53. The number of hydrogen-bond donors (Lipinski definition) is 1. The van der Waals surface area contributed by atoms with Crippen LogP contribution in [0.15, 0.2) is 30.3 Å². The maximum Gasteiger partial charge on any atom is 0.157 e. The van der Waals surface area contributed by atoms with Gasteiger partial charge in [-0.2, -0.15) is 5.10 Å². The number of hydrogen-bond acceptors (Lipinski definition) is 2. The van der Waals surface area contributed by atoms with E-state index in [2.05, 4.69) is 29.3 Å². The van der Waals surface area contributed by atoms with Crippen LogP contribution in [-0.4, -0.2) is 15.2 Å². The number of para-hydroxylation sites is 1. The Hall–Kier alpha value is -2.13. The number of H-pyrrole nitrogens is 1. The third-order valence-electron chi connectivity index (χ3n) is 3.90. The highest BCUT2D eigenvalue weighted by Gasteiger charge is 2.14. The summed E-state index contributed by atoms with van der Waals surface area (Å²) in [6.45, 7) is 4.07. The molecule has 2 aromatic heterocycles.